The lowest BCUT2D eigenvalue weighted by atomic mass is 9.73. The van der Waals surface area contributed by atoms with Crippen LogP contribution in [0.2, 0.25) is 0 Å². The molecule has 25 heavy (non-hydrogen) atoms. The van der Waals surface area contributed by atoms with Crippen molar-refractivity contribution in [3.05, 3.63) is 59.8 Å². The minimum Gasteiger partial charge on any atom is -0.349 e. The predicted octanol–water partition coefficient (Wildman–Crippen LogP) is 4.32. The first-order valence-electron chi connectivity index (χ1n) is 8.60. The SMILES string of the molecule is CC(NC(=O)C1CSC23CC=CC=C2N=CCC13)c1ccccc1.Cl. The van der Waals surface area contributed by atoms with Gasteiger partial charge in [0, 0.05) is 12.0 Å². The van der Waals surface area contributed by atoms with Gasteiger partial charge in [-0.1, -0.05) is 42.5 Å². The van der Waals surface area contributed by atoms with E-state index >= 15 is 0 Å². The summed E-state index contributed by atoms with van der Waals surface area (Å²) >= 11 is 1.92. The Morgan fingerprint density at radius 1 is 1.36 bits per heavy atom. The molecule has 1 saturated heterocycles. The molecule has 4 unspecified atom stereocenters. The summed E-state index contributed by atoms with van der Waals surface area (Å²) in [7, 11) is 0. The molecule has 1 aliphatic carbocycles. The molecule has 2 aliphatic heterocycles. The largest absolute Gasteiger partial charge is 0.349 e. The summed E-state index contributed by atoms with van der Waals surface area (Å²) in [5.41, 5.74) is 2.30. The second kappa shape index (κ2) is 7.38. The molecule has 132 valence electrons. The van der Waals surface area contributed by atoms with Gasteiger partial charge in [0.25, 0.3) is 0 Å². The molecule has 0 aromatic heterocycles. The molecule has 4 atom stereocenters. The van der Waals surface area contributed by atoms with Gasteiger partial charge >= 0.3 is 0 Å². The Kier molecular flexibility index (Phi) is 5.40. The Morgan fingerprint density at radius 3 is 2.96 bits per heavy atom. The van der Waals surface area contributed by atoms with Crippen LogP contribution < -0.4 is 5.32 Å². The first-order chi connectivity index (χ1) is 11.7. The molecular formula is C20H23ClN2OS. The molecule has 3 nitrogen and oxygen atoms in total. The molecule has 1 N–H and O–H groups in total. The smallest absolute Gasteiger partial charge is 0.224 e. The maximum absolute atomic E-state index is 12.9. The standard InChI is InChI=1S/C20H22N2OS.ClH/c1-14(15-7-3-2-4-8-15)22-19(23)16-13-24-20-11-6-5-9-18(20)21-12-10-17(16)20;/h2-9,12,14,16-17H,10-11,13H2,1H3,(H,22,23);1H. The van der Waals surface area contributed by atoms with Gasteiger partial charge in [-0.05, 0) is 37.3 Å². The summed E-state index contributed by atoms with van der Waals surface area (Å²) in [5, 5.41) is 3.23. The molecular weight excluding hydrogens is 352 g/mol. The number of halogens is 1. The molecule has 3 aliphatic rings. The van der Waals surface area contributed by atoms with E-state index in [0.29, 0.717) is 5.92 Å². The van der Waals surface area contributed by atoms with Crippen molar-refractivity contribution in [3.8, 4) is 0 Å². The first kappa shape index (κ1) is 18.3. The summed E-state index contributed by atoms with van der Waals surface area (Å²) in [6, 6.07) is 10.2. The lowest BCUT2D eigenvalue weighted by Gasteiger charge is -2.39. The zero-order chi connectivity index (χ0) is 16.6. The Hall–Kier alpha value is -1.52. The quantitative estimate of drug-likeness (QED) is 0.855. The second-order valence-electron chi connectivity index (χ2n) is 6.79. The summed E-state index contributed by atoms with van der Waals surface area (Å²) in [5.74, 6) is 1.47. The molecule has 1 aromatic rings. The van der Waals surface area contributed by atoms with Crippen LogP contribution in [0.3, 0.4) is 0 Å². The summed E-state index contributed by atoms with van der Waals surface area (Å²) in [4.78, 5) is 17.6. The number of thioether (sulfide) groups is 1. The van der Waals surface area contributed by atoms with Crippen molar-refractivity contribution in [2.75, 3.05) is 5.75 Å². The monoisotopic (exact) mass is 374 g/mol. The molecule has 1 aromatic carbocycles. The number of benzene rings is 1. The van der Waals surface area contributed by atoms with Gasteiger partial charge in [-0.3, -0.25) is 9.79 Å². The van der Waals surface area contributed by atoms with E-state index in [1.807, 2.05) is 36.2 Å². The van der Waals surface area contributed by atoms with Crippen LogP contribution in [-0.4, -0.2) is 22.6 Å². The van der Waals surface area contributed by atoms with Crippen LogP contribution >= 0.6 is 24.2 Å². The van der Waals surface area contributed by atoms with Crippen LogP contribution in [0.1, 0.15) is 31.4 Å². The molecule has 1 fully saturated rings. The van der Waals surface area contributed by atoms with Gasteiger partial charge in [0.15, 0.2) is 0 Å². The number of carbonyl (C=O) groups excluding carboxylic acids is 1. The Balaban J connectivity index is 0.00000182. The van der Waals surface area contributed by atoms with E-state index in [-0.39, 0.29) is 35.0 Å². The average Bonchev–Trinajstić information content (AvgIpc) is 3.00. The number of aliphatic imine (C=N–C) groups is 1. The van der Waals surface area contributed by atoms with E-state index < -0.39 is 0 Å². The van der Waals surface area contributed by atoms with Crippen molar-refractivity contribution in [1.82, 2.24) is 5.32 Å². The number of amides is 1. The number of nitrogens with zero attached hydrogens (tertiary/aromatic N) is 1. The van der Waals surface area contributed by atoms with Gasteiger partial charge in [-0.15, -0.1) is 24.2 Å². The van der Waals surface area contributed by atoms with Crippen LogP contribution in [0.5, 0.6) is 0 Å². The van der Waals surface area contributed by atoms with Crippen LogP contribution in [0.25, 0.3) is 0 Å². The van der Waals surface area contributed by atoms with Crippen molar-refractivity contribution in [3.63, 3.8) is 0 Å². The molecule has 4 rings (SSSR count). The van der Waals surface area contributed by atoms with Crippen LogP contribution in [0.15, 0.2) is 59.2 Å². The van der Waals surface area contributed by atoms with Crippen molar-refractivity contribution in [1.29, 1.82) is 0 Å². The molecule has 5 heteroatoms. The van der Waals surface area contributed by atoms with Crippen molar-refractivity contribution >= 4 is 36.3 Å². The highest BCUT2D eigenvalue weighted by atomic mass is 35.5. The minimum atomic E-state index is 0. The first-order valence-corrected chi connectivity index (χ1v) is 9.58. The Bertz CT molecular complexity index is 730. The van der Waals surface area contributed by atoms with E-state index in [1.54, 1.807) is 0 Å². The fraction of sp³-hybridized carbons (Fsp3) is 0.400. The normalized spacial score (nSPS) is 30.5. The second-order valence-corrected chi connectivity index (χ2v) is 8.14. The molecule has 0 saturated carbocycles. The van der Waals surface area contributed by atoms with Gasteiger partial charge in [-0.2, -0.15) is 0 Å². The highest BCUT2D eigenvalue weighted by Crippen LogP contribution is 2.57. The maximum atomic E-state index is 12.9. The van der Waals surface area contributed by atoms with Crippen LogP contribution in [0, 0.1) is 11.8 Å². The van der Waals surface area contributed by atoms with Crippen molar-refractivity contribution in [2.45, 2.75) is 30.6 Å². The zero-order valence-corrected chi connectivity index (χ0v) is 15.9. The van der Waals surface area contributed by atoms with Crippen molar-refractivity contribution in [2.24, 2.45) is 16.8 Å². The third-order valence-corrected chi connectivity index (χ3v) is 7.15. The number of hydrogen-bond donors (Lipinski definition) is 1. The fourth-order valence-electron chi connectivity index (χ4n) is 4.08. The molecule has 1 amide bonds. The fourth-order valence-corrected chi connectivity index (χ4v) is 5.90. The number of allylic oxidation sites excluding steroid dienone is 3. The third kappa shape index (κ3) is 3.18. The van der Waals surface area contributed by atoms with E-state index in [1.165, 1.54) is 0 Å². The highest BCUT2D eigenvalue weighted by molar-refractivity contribution is 8.01. The Morgan fingerprint density at radius 2 is 2.16 bits per heavy atom. The maximum Gasteiger partial charge on any atom is 0.224 e. The zero-order valence-electron chi connectivity index (χ0n) is 14.2. The molecule has 0 bridgehead atoms. The summed E-state index contributed by atoms with van der Waals surface area (Å²) < 4.78 is 0.0154. The lowest BCUT2D eigenvalue weighted by Crippen LogP contribution is -2.43. The van der Waals surface area contributed by atoms with Gasteiger partial charge in [-0.25, -0.2) is 0 Å². The molecule has 0 radical (unpaired) electrons. The van der Waals surface area contributed by atoms with E-state index in [0.717, 1.165) is 29.9 Å². The number of nitrogens with one attached hydrogen (secondary N) is 1. The lowest BCUT2D eigenvalue weighted by molar-refractivity contribution is -0.126. The van der Waals surface area contributed by atoms with E-state index in [4.69, 9.17) is 0 Å². The number of hydrogen-bond acceptors (Lipinski definition) is 3. The van der Waals surface area contributed by atoms with Gasteiger partial charge in [0.2, 0.25) is 5.91 Å². The molecule has 1 spiro atoms. The summed E-state index contributed by atoms with van der Waals surface area (Å²) in [6.07, 6.45) is 10.3. The number of rotatable bonds is 3. The van der Waals surface area contributed by atoms with Crippen molar-refractivity contribution < 1.29 is 4.79 Å². The minimum absolute atomic E-state index is 0. The Labute approximate surface area is 159 Å². The van der Waals surface area contributed by atoms with Gasteiger partial charge < -0.3 is 5.32 Å². The van der Waals surface area contributed by atoms with E-state index in [2.05, 4.69) is 47.6 Å². The van der Waals surface area contributed by atoms with Gasteiger partial charge in [0.1, 0.15) is 0 Å². The van der Waals surface area contributed by atoms with Crippen LogP contribution in [-0.2, 0) is 4.79 Å². The number of carbonyl (C=O) groups is 1. The van der Waals surface area contributed by atoms with Crippen LogP contribution in [0.4, 0.5) is 0 Å². The summed E-state index contributed by atoms with van der Waals surface area (Å²) in [6.45, 7) is 2.06. The third-order valence-electron chi connectivity index (χ3n) is 5.43. The highest BCUT2D eigenvalue weighted by Gasteiger charge is 2.54. The predicted molar refractivity (Wildman–Crippen MR) is 107 cm³/mol. The average molecular weight is 375 g/mol. The van der Waals surface area contributed by atoms with E-state index in [9.17, 15) is 4.79 Å². The molecule has 2 heterocycles. The topological polar surface area (TPSA) is 41.5 Å². The van der Waals surface area contributed by atoms with Gasteiger partial charge in [0.05, 0.1) is 22.4 Å².